The molecule has 1 aliphatic heterocycles. The Morgan fingerprint density at radius 1 is 1.47 bits per heavy atom. The number of carbonyl (C=O) groups excluding carboxylic acids is 1. The number of rotatable bonds is 2. The largest absolute Gasteiger partial charge is 0.355 e. The van der Waals surface area contributed by atoms with Gasteiger partial charge in [-0.15, -0.1) is 0 Å². The van der Waals surface area contributed by atoms with Crippen LogP contribution in [0.3, 0.4) is 0 Å². The molecular formula is C12H18O3. The Balaban J connectivity index is 2.35. The molecule has 1 heterocycles. The molecule has 0 aromatic carbocycles. The van der Waals surface area contributed by atoms with Crippen molar-refractivity contribution in [2.24, 2.45) is 17.8 Å². The highest BCUT2D eigenvalue weighted by molar-refractivity contribution is 5.99. The first-order chi connectivity index (χ1) is 7.06. The number of fused-ring (bicyclic) bond motifs is 2. The summed E-state index contributed by atoms with van der Waals surface area (Å²) in [6.07, 6.45) is 1.48. The summed E-state index contributed by atoms with van der Waals surface area (Å²) < 4.78 is 11.0. The van der Waals surface area contributed by atoms with E-state index in [2.05, 4.69) is 13.8 Å². The zero-order chi connectivity index (χ0) is 11.2. The molecule has 3 nitrogen and oxygen atoms in total. The molecule has 2 rings (SSSR count). The second kappa shape index (κ2) is 3.72. The van der Waals surface area contributed by atoms with Gasteiger partial charge >= 0.3 is 0 Å². The number of methoxy groups -OCH3 is 1. The highest BCUT2D eigenvalue weighted by Crippen LogP contribution is 2.43. The predicted octanol–water partition coefficient (Wildman–Crippen LogP) is 1.78. The van der Waals surface area contributed by atoms with Gasteiger partial charge in [-0.05, 0) is 18.4 Å². The number of carbonyl (C=O) groups is 1. The first-order valence-corrected chi connectivity index (χ1v) is 5.47. The number of Topliss-reactive ketones (excluding diaryl/α,β-unsaturated/α-hetero) is 1. The summed E-state index contributed by atoms with van der Waals surface area (Å²) in [6.45, 7) is 6.13. The lowest BCUT2D eigenvalue weighted by molar-refractivity contribution is -0.145. The normalized spacial score (nSPS) is 39.8. The molecule has 0 spiro atoms. The number of hydrogen-bond donors (Lipinski definition) is 0. The molecule has 0 N–H and O–H groups in total. The lowest BCUT2D eigenvalue weighted by Gasteiger charge is -2.28. The highest BCUT2D eigenvalue weighted by atomic mass is 16.7. The van der Waals surface area contributed by atoms with E-state index in [9.17, 15) is 4.79 Å². The molecule has 84 valence electrons. The third-order valence-corrected chi connectivity index (χ3v) is 3.48. The number of hydrogen-bond acceptors (Lipinski definition) is 3. The fourth-order valence-corrected chi connectivity index (χ4v) is 2.74. The minimum absolute atomic E-state index is 0.129. The van der Waals surface area contributed by atoms with E-state index in [1.807, 2.05) is 13.0 Å². The van der Waals surface area contributed by atoms with Gasteiger partial charge in [-0.1, -0.05) is 19.9 Å². The lowest BCUT2D eigenvalue weighted by Crippen LogP contribution is -2.36. The van der Waals surface area contributed by atoms with Crippen LogP contribution in [0.15, 0.2) is 11.6 Å². The van der Waals surface area contributed by atoms with E-state index in [4.69, 9.17) is 9.47 Å². The second-order valence-electron chi connectivity index (χ2n) is 4.77. The van der Waals surface area contributed by atoms with E-state index in [0.717, 1.165) is 5.57 Å². The summed E-state index contributed by atoms with van der Waals surface area (Å²) in [6, 6.07) is 0. The Labute approximate surface area is 90.4 Å². The van der Waals surface area contributed by atoms with Crippen molar-refractivity contribution in [3.8, 4) is 0 Å². The van der Waals surface area contributed by atoms with Crippen LogP contribution in [0.2, 0.25) is 0 Å². The van der Waals surface area contributed by atoms with Crippen molar-refractivity contribution < 1.29 is 14.3 Å². The van der Waals surface area contributed by atoms with Crippen molar-refractivity contribution in [2.45, 2.75) is 33.2 Å². The van der Waals surface area contributed by atoms with Gasteiger partial charge in [0.2, 0.25) is 0 Å². The van der Waals surface area contributed by atoms with Crippen LogP contribution in [0.4, 0.5) is 0 Å². The maximum absolute atomic E-state index is 11.9. The number of ether oxygens (including phenoxy) is 2. The van der Waals surface area contributed by atoms with Gasteiger partial charge < -0.3 is 9.47 Å². The average molecular weight is 210 g/mol. The van der Waals surface area contributed by atoms with E-state index in [-0.39, 0.29) is 30.0 Å². The molecule has 4 atom stereocenters. The molecule has 1 saturated heterocycles. The summed E-state index contributed by atoms with van der Waals surface area (Å²) >= 11 is 0. The lowest BCUT2D eigenvalue weighted by atomic mass is 9.74. The first-order valence-electron chi connectivity index (χ1n) is 5.47. The number of ketones is 1. The molecule has 2 bridgehead atoms. The third-order valence-electron chi connectivity index (χ3n) is 3.48. The Kier molecular flexibility index (Phi) is 2.69. The zero-order valence-corrected chi connectivity index (χ0v) is 9.69. The molecule has 2 aliphatic rings. The summed E-state index contributed by atoms with van der Waals surface area (Å²) in [5.74, 6) is 1.07. The van der Waals surface area contributed by atoms with Crippen molar-refractivity contribution in [3.63, 3.8) is 0 Å². The van der Waals surface area contributed by atoms with Crippen LogP contribution in [0.1, 0.15) is 20.8 Å². The van der Waals surface area contributed by atoms with Crippen LogP contribution in [-0.2, 0) is 14.3 Å². The van der Waals surface area contributed by atoms with Gasteiger partial charge in [0.05, 0.1) is 0 Å². The van der Waals surface area contributed by atoms with Gasteiger partial charge in [0, 0.05) is 18.9 Å². The molecule has 1 fully saturated rings. The summed E-state index contributed by atoms with van der Waals surface area (Å²) in [5.41, 5.74) is 0.821. The smallest absolute Gasteiger partial charge is 0.187 e. The van der Waals surface area contributed by atoms with Crippen molar-refractivity contribution >= 4 is 5.78 Å². The molecule has 0 saturated carbocycles. The molecular weight excluding hydrogens is 192 g/mol. The van der Waals surface area contributed by atoms with Crippen molar-refractivity contribution in [2.75, 3.05) is 7.11 Å². The molecule has 0 amide bonds. The third kappa shape index (κ3) is 1.54. The zero-order valence-electron chi connectivity index (χ0n) is 9.69. The van der Waals surface area contributed by atoms with E-state index in [0.29, 0.717) is 5.92 Å². The van der Waals surface area contributed by atoms with Gasteiger partial charge in [-0.2, -0.15) is 0 Å². The molecule has 1 aliphatic carbocycles. The van der Waals surface area contributed by atoms with Crippen LogP contribution < -0.4 is 0 Å². The van der Waals surface area contributed by atoms with Gasteiger partial charge in [0.1, 0.15) is 6.10 Å². The summed E-state index contributed by atoms with van der Waals surface area (Å²) in [7, 11) is 1.64. The summed E-state index contributed by atoms with van der Waals surface area (Å²) in [5, 5.41) is 0. The van der Waals surface area contributed by atoms with Crippen LogP contribution in [0, 0.1) is 17.8 Å². The Bertz CT molecular complexity index is 306. The predicted molar refractivity (Wildman–Crippen MR) is 56.3 cm³/mol. The minimum atomic E-state index is -0.287. The van der Waals surface area contributed by atoms with Crippen LogP contribution in [0.5, 0.6) is 0 Å². The Morgan fingerprint density at radius 2 is 2.13 bits per heavy atom. The van der Waals surface area contributed by atoms with Gasteiger partial charge in [0.25, 0.3) is 0 Å². The maximum Gasteiger partial charge on any atom is 0.187 e. The fraction of sp³-hybridized carbons (Fsp3) is 0.750. The molecule has 0 radical (unpaired) electrons. The molecule has 0 aromatic rings. The molecule has 15 heavy (non-hydrogen) atoms. The molecule has 3 heteroatoms. The maximum atomic E-state index is 11.9. The fourth-order valence-electron chi connectivity index (χ4n) is 2.74. The van der Waals surface area contributed by atoms with E-state index in [1.54, 1.807) is 7.11 Å². The van der Waals surface area contributed by atoms with Crippen LogP contribution in [-0.4, -0.2) is 25.3 Å². The van der Waals surface area contributed by atoms with E-state index >= 15 is 0 Å². The SMILES string of the molecule is CO[C@@H]1O[C@H]2C(=O)C(C)=C[C@@H]1[C@@H]2C(C)C. The van der Waals surface area contributed by atoms with Crippen molar-refractivity contribution in [1.82, 2.24) is 0 Å². The monoisotopic (exact) mass is 210 g/mol. The van der Waals surface area contributed by atoms with E-state index in [1.165, 1.54) is 0 Å². The quantitative estimate of drug-likeness (QED) is 0.697. The van der Waals surface area contributed by atoms with Crippen LogP contribution >= 0.6 is 0 Å². The van der Waals surface area contributed by atoms with Gasteiger partial charge in [-0.3, -0.25) is 4.79 Å². The second-order valence-corrected chi connectivity index (χ2v) is 4.77. The van der Waals surface area contributed by atoms with Gasteiger partial charge in [0.15, 0.2) is 12.1 Å². The molecule has 0 aromatic heterocycles. The molecule has 0 unspecified atom stereocenters. The Hall–Kier alpha value is -0.670. The van der Waals surface area contributed by atoms with E-state index < -0.39 is 0 Å². The van der Waals surface area contributed by atoms with Crippen LogP contribution in [0.25, 0.3) is 0 Å². The van der Waals surface area contributed by atoms with Crippen molar-refractivity contribution in [3.05, 3.63) is 11.6 Å². The summed E-state index contributed by atoms with van der Waals surface area (Å²) in [4.78, 5) is 11.9. The topological polar surface area (TPSA) is 35.5 Å². The Morgan fingerprint density at radius 3 is 2.67 bits per heavy atom. The first kappa shape index (κ1) is 10.8. The highest BCUT2D eigenvalue weighted by Gasteiger charge is 2.51. The van der Waals surface area contributed by atoms with Crippen molar-refractivity contribution in [1.29, 1.82) is 0 Å². The standard InChI is InChI=1S/C12H18O3/c1-6(2)9-8-5-7(3)10(13)11(9)15-12(8)14-4/h5-6,8-9,11-12H,1-4H3/t8-,9+,11-,12-/m1/s1. The van der Waals surface area contributed by atoms with Gasteiger partial charge in [-0.25, -0.2) is 0 Å². The average Bonchev–Trinajstić information content (AvgIpc) is 2.49. The minimum Gasteiger partial charge on any atom is -0.355 e.